The van der Waals surface area contributed by atoms with Crippen LogP contribution in [-0.4, -0.2) is 34.8 Å². The lowest BCUT2D eigenvalue weighted by atomic mass is 9.94. The number of rotatable bonds is 4. The highest BCUT2D eigenvalue weighted by atomic mass is 19.1. The van der Waals surface area contributed by atoms with Crippen LogP contribution in [0.15, 0.2) is 48.0 Å². The van der Waals surface area contributed by atoms with Crippen molar-refractivity contribution in [1.82, 2.24) is 4.90 Å². The molecule has 1 fully saturated rings. The van der Waals surface area contributed by atoms with Crippen LogP contribution in [0.5, 0.6) is 5.75 Å². The zero-order chi connectivity index (χ0) is 19.8. The maximum Gasteiger partial charge on any atom is 0.295 e. The van der Waals surface area contributed by atoms with Gasteiger partial charge < -0.3 is 14.7 Å². The topological polar surface area (TPSA) is 66.8 Å². The summed E-state index contributed by atoms with van der Waals surface area (Å²) in [5.41, 5.74) is 2.03. The smallest absolute Gasteiger partial charge is 0.295 e. The fraction of sp³-hybridized carbons (Fsp3) is 0.273. The number of halogens is 1. The third kappa shape index (κ3) is 2.95. The van der Waals surface area contributed by atoms with E-state index in [1.165, 1.54) is 17.0 Å². The van der Waals surface area contributed by atoms with Gasteiger partial charge in [-0.25, -0.2) is 4.39 Å². The van der Waals surface area contributed by atoms with Gasteiger partial charge in [0.2, 0.25) is 0 Å². The van der Waals surface area contributed by atoms with Crippen LogP contribution in [0.2, 0.25) is 0 Å². The normalized spacial score (nSPS) is 20.4. The van der Waals surface area contributed by atoms with Crippen LogP contribution in [0, 0.1) is 5.82 Å². The monoisotopic (exact) mass is 381 g/mol. The number of hydrogen-bond donors (Lipinski definition) is 1. The lowest BCUT2D eigenvalue weighted by molar-refractivity contribution is -0.139. The van der Waals surface area contributed by atoms with Gasteiger partial charge in [0.05, 0.1) is 18.2 Å². The lowest BCUT2D eigenvalue weighted by Crippen LogP contribution is -2.30. The molecule has 2 aliphatic heterocycles. The molecule has 0 radical (unpaired) electrons. The molecule has 0 saturated carbocycles. The number of carbonyl (C=O) groups is 2. The molecular formula is C22H20FNO4. The third-order valence-electron chi connectivity index (χ3n) is 5.15. The molecule has 144 valence electrons. The number of aliphatic hydroxyl groups is 1. The van der Waals surface area contributed by atoms with Gasteiger partial charge in [0.1, 0.15) is 17.3 Å². The zero-order valence-electron chi connectivity index (χ0n) is 15.4. The first-order chi connectivity index (χ1) is 13.5. The van der Waals surface area contributed by atoms with E-state index in [0.717, 1.165) is 17.7 Å². The van der Waals surface area contributed by atoms with Crippen LogP contribution >= 0.6 is 0 Å². The Bertz CT molecular complexity index is 981. The van der Waals surface area contributed by atoms with Gasteiger partial charge >= 0.3 is 0 Å². The molecule has 5 nitrogen and oxygen atoms in total. The molecule has 2 aromatic carbocycles. The van der Waals surface area contributed by atoms with Gasteiger partial charge in [0.25, 0.3) is 11.7 Å². The number of Topliss-reactive ketones (excluding diaryl/α,β-unsaturated/α-hetero) is 1. The Hall–Kier alpha value is -3.15. The summed E-state index contributed by atoms with van der Waals surface area (Å²) in [6.45, 7) is 2.85. The second-order valence-corrected chi connectivity index (χ2v) is 6.97. The summed E-state index contributed by atoms with van der Waals surface area (Å²) in [5, 5.41) is 11.0. The molecule has 6 heteroatoms. The van der Waals surface area contributed by atoms with Gasteiger partial charge in [-0.2, -0.15) is 0 Å². The van der Waals surface area contributed by atoms with Crippen molar-refractivity contribution < 1.29 is 23.8 Å². The molecule has 0 aliphatic carbocycles. The van der Waals surface area contributed by atoms with Crippen LogP contribution in [0.25, 0.3) is 5.76 Å². The summed E-state index contributed by atoms with van der Waals surface area (Å²) in [5.74, 6) is -1.24. The van der Waals surface area contributed by atoms with Crippen molar-refractivity contribution in [2.75, 3.05) is 13.2 Å². The van der Waals surface area contributed by atoms with Gasteiger partial charge in [-0.05, 0) is 47.9 Å². The van der Waals surface area contributed by atoms with Crippen LogP contribution in [0.3, 0.4) is 0 Å². The second kappa shape index (κ2) is 7.11. The average molecular weight is 381 g/mol. The van der Waals surface area contributed by atoms with Crippen molar-refractivity contribution in [2.45, 2.75) is 25.8 Å². The fourth-order valence-electron chi connectivity index (χ4n) is 3.83. The Balaban J connectivity index is 1.85. The second-order valence-electron chi connectivity index (χ2n) is 6.97. The zero-order valence-corrected chi connectivity index (χ0v) is 15.4. The average Bonchev–Trinajstić information content (AvgIpc) is 3.26. The summed E-state index contributed by atoms with van der Waals surface area (Å²) in [7, 11) is 0. The van der Waals surface area contributed by atoms with Crippen LogP contribution in [-0.2, 0) is 16.0 Å². The van der Waals surface area contributed by atoms with Crippen LogP contribution < -0.4 is 4.74 Å². The number of carbonyl (C=O) groups excluding carboxylic acids is 2. The maximum absolute atomic E-state index is 13.4. The molecule has 0 spiro atoms. The van der Waals surface area contributed by atoms with Crippen molar-refractivity contribution in [2.24, 2.45) is 0 Å². The van der Waals surface area contributed by atoms with Crippen molar-refractivity contribution >= 4 is 17.4 Å². The number of amides is 1. The first-order valence-corrected chi connectivity index (χ1v) is 9.31. The Labute approximate surface area is 162 Å². The van der Waals surface area contributed by atoms with Crippen molar-refractivity contribution in [3.8, 4) is 5.75 Å². The molecular weight excluding hydrogens is 361 g/mol. The van der Waals surface area contributed by atoms with E-state index in [1.807, 2.05) is 6.92 Å². The number of ether oxygens (including phenoxy) is 1. The first kappa shape index (κ1) is 18.2. The van der Waals surface area contributed by atoms with E-state index in [0.29, 0.717) is 30.7 Å². The molecule has 2 heterocycles. The minimum atomic E-state index is -0.745. The summed E-state index contributed by atoms with van der Waals surface area (Å²) < 4.78 is 18.9. The fourth-order valence-corrected chi connectivity index (χ4v) is 3.83. The molecule has 1 atom stereocenters. The van der Waals surface area contributed by atoms with E-state index in [1.54, 1.807) is 30.3 Å². The van der Waals surface area contributed by atoms with Gasteiger partial charge in [-0.3, -0.25) is 9.59 Å². The van der Waals surface area contributed by atoms with Crippen LogP contribution in [0.4, 0.5) is 4.39 Å². The van der Waals surface area contributed by atoms with Crippen LogP contribution in [0.1, 0.15) is 36.1 Å². The molecule has 1 N–H and O–H groups in total. The summed E-state index contributed by atoms with van der Waals surface area (Å²) in [6.07, 6.45) is 1.38. The van der Waals surface area contributed by atoms with Crippen molar-refractivity contribution in [3.05, 3.63) is 70.5 Å². The maximum atomic E-state index is 13.4. The van der Waals surface area contributed by atoms with E-state index in [2.05, 4.69) is 0 Å². The van der Waals surface area contributed by atoms with E-state index >= 15 is 0 Å². The minimum absolute atomic E-state index is 0.0314. The summed E-state index contributed by atoms with van der Waals surface area (Å²) in [6, 6.07) is 10.1. The highest BCUT2D eigenvalue weighted by Gasteiger charge is 2.45. The van der Waals surface area contributed by atoms with E-state index in [4.69, 9.17) is 4.74 Å². The molecule has 2 aromatic rings. The van der Waals surface area contributed by atoms with Crippen molar-refractivity contribution in [3.63, 3.8) is 0 Å². The number of nitrogens with zero attached hydrogens (tertiary/aromatic N) is 1. The molecule has 2 aliphatic rings. The standard InChI is InChI=1S/C22H20FNO4/c1-2-10-24-19(13-3-6-16(23)7-4-13)18(21(26)22(24)27)20(25)15-5-8-17-14(12-15)9-11-28-17/h3-8,12,19,25H,2,9-11H2,1H3/b20-18-. The Morgan fingerprint density at radius 2 is 1.96 bits per heavy atom. The van der Waals surface area contributed by atoms with E-state index in [-0.39, 0.29) is 11.3 Å². The Morgan fingerprint density at radius 1 is 1.21 bits per heavy atom. The predicted molar refractivity (Wildman–Crippen MR) is 101 cm³/mol. The van der Waals surface area contributed by atoms with Gasteiger partial charge in [-0.1, -0.05) is 19.1 Å². The first-order valence-electron chi connectivity index (χ1n) is 9.31. The number of fused-ring (bicyclic) bond motifs is 1. The summed E-state index contributed by atoms with van der Waals surface area (Å²) >= 11 is 0. The Morgan fingerprint density at radius 3 is 2.68 bits per heavy atom. The highest BCUT2D eigenvalue weighted by molar-refractivity contribution is 6.46. The van der Waals surface area contributed by atoms with E-state index in [9.17, 15) is 19.1 Å². The number of ketones is 1. The number of aliphatic hydroxyl groups excluding tert-OH is 1. The number of benzene rings is 2. The molecule has 28 heavy (non-hydrogen) atoms. The van der Waals surface area contributed by atoms with Gasteiger partial charge in [0.15, 0.2) is 0 Å². The Kier molecular flexibility index (Phi) is 4.63. The summed E-state index contributed by atoms with van der Waals surface area (Å²) in [4.78, 5) is 26.8. The lowest BCUT2D eigenvalue weighted by Gasteiger charge is -2.24. The SMILES string of the molecule is CCCN1C(=O)C(=O)/C(=C(\O)c2ccc3c(c2)CCO3)C1c1ccc(F)cc1. The molecule has 4 rings (SSSR count). The number of hydrogen-bond acceptors (Lipinski definition) is 4. The van der Waals surface area contributed by atoms with Gasteiger partial charge in [-0.15, -0.1) is 0 Å². The van der Waals surface area contributed by atoms with Crippen molar-refractivity contribution in [1.29, 1.82) is 0 Å². The van der Waals surface area contributed by atoms with Gasteiger partial charge in [0, 0.05) is 18.5 Å². The highest BCUT2D eigenvalue weighted by Crippen LogP contribution is 2.40. The third-order valence-corrected chi connectivity index (χ3v) is 5.15. The molecule has 0 bridgehead atoms. The number of likely N-dealkylation sites (tertiary alicyclic amines) is 1. The van der Waals surface area contributed by atoms with E-state index < -0.39 is 23.5 Å². The quantitative estimate of drug-likeness (QED) is 0.499. The molecule has 1 saturated heterocycles. The minimum Gasteiger partial charge on any atom is -0.507 e. The largest absolute Gasteiger partial charge is 0.507 e. The molecule has 0 aromatic heterocycles. The molecule has 1 unspecified atom stereocenters. The predicted octanol–water partition coefficient (Wildman–Crippen LogP) is 3.59. The molecule has 1 amide bonds.